The van der Waals surface area contributed by atoms with Gasteiger partial charge in [0.05, 0.1) is 25.4 Å². The van der Waals surface area contributed by atoms with Gasteiger partial charge in [0.25, 0.3) is 0 Å². The Morgan fingerprint density at radius 3 is 1.92 bits per heavy atom. The first-order valence-corrected chi connectivity index (χ1v) is 14.7. The largest absolute Gasteiger partial charge is 0.394 e. The maximum atomic E-state index is 12.6. The van der Waals surface area contributed by atoms with Gasteiger partial charge in [0, 0.05) is 6.42 Å². The summed E-state index contributed by atoms with van der Waals surface area (Å²) in [4.78, 5) is 12.6. The van der Waals surface area contributed by atoms with Crippen LogP contribution in [-0.2, 0) is 14.3 Å². The highest BCUT2D eigenvalue weighted by Gasteiger charge is 2.44. The lowest BCUT2D eigenvalue weighted by molar-refractivity contribution is -0.302. The number of nitrogens with one attached hydrogen (secondary N) is 1. The van der Waals surface area contributed by atoms with Gasteiger partial charge in [-0.15, -0.1) is 0 Å². The molecule has 0 spiro atoms. The maximum absolute atomic E-state index is 12.6. The molecule has 37 heavy (non-hydrogen) atoms. The third-order valence-corrected chi connectivity index (χ3v) is 7.21. The van der Waals surface area contributed by atoms with Gasteiger partial charge in [-0.3, -0.25) is 4.79 Å². The summed E-state index contributed by atoms with van der Waals surface area (Å²) in [5.41, 5.74) is 0. The van der Waals surface area contributed by atoms with Gasteiger partial charge in [-0.2, -0.15) is 0 Å². The Hall–Kier alpha value is -0.810. The van der Waals surface area contributed by atoms with Gasteiger partial charge < -0.3 is 40.3 Å². The first-order chi connectivity index (χ1) is 17.8. The molecule has 1 fully saturated rings. The van der Waals surface area contributed by atoms with Gasteiger partial charge in [-0.1, -0.05) is 97.3 Å². The van der Waals surface area contributed by atoms with Crippen molar-refractivity contribution in [2.75, 3.05) is 13.2 Å². The van der Waals surface area contributed by atoms with Crippen molar-refractivity contribution in [1.29, 1.82) is 0 Å². The van der Waals surface area contributed by atoms with Gasteiger partial charge in [-0.05, 0) is 12.8 Å². The molecule has 0 saturated carbocycles. The van der Waals surface area contributed by atoms with E-state index >= 15 is 0 Å². The van der Waals surface area contributed by atoms with Crippen molar-refractivity contribution in [2.24, 2.45) is 0 Å². The molecule has 1 amide bonds. The van der Waals surface area contributed by atoms with Gasteiger partial charge in [0.2, 0.25) is 5.91 Å². The van der Waals surface area contributed by atoms with Gasteiger partial charge >= 0.3 is 0 Å². The minimum atomic E-state index is -1.54. The van der Waals surface area contributed by atoms with Crippen LogP contribution >= 0.6 is 0 Å². The van der Waals surface area contributed by atoms with E-state index in [4.69, 9.17) is 9.47 Å². The van der Waals surface area contributed by atoms with Crippen LogP contribution in [0.15, 0.2) is 0 Å². The molecule has 0 aromatic heterocycles. The number of amides is 1. The van der Waals surface area contributed by atoms with E-state index in [2.05, 4.69) is 19.2 Å². The molecule has 9 heteroatoms. The second-order valence-electron chi connectivity index (χ2n) is 10.6. The number of hydrogen-bond donors (Lipinski definition) is 6. The third-order valence-electron chi connectivity index (χ3n) is 7.21. The molecule has 0 bridgehead atoms. The molecule has 7 atom stereocenters. The minimum absolute atomic E-state index is 0.136. The zero-order chi connectivity index (χ0) is 27.5. The quantitative estimate of drug-likeness (QED) is 0.116. The lowest BCUT2D eigenvalue weighted by Crippen LogP contribution is -2.60. The smallest absolute Gasteiger partial charge is 0.220 e. The fourth-order valence-electron chi connectivity index (χ4n) is 4.69. The summed E-state index contributed by atoms with van der Waals surface area (Å²) < 4.78 is 11.1. The maximum Gasteiger partial charge on any atom is 0.220 e. The summed E-state index contributed by atoms with van der Waals surface area (Å²) >= 11 is 0. The lowest BCUT2D eigenvalue weighted by Gasteiger charge is -2.40. The fourth-order valence-corrected chi connectivity index (χ4v) is 4.69. The molecule has 1 aliphatic rings. The highest BCUT2D eigenvalue weighted by molar-refractivity contribution is 5.76. The van der Waals surface area contributed by atoms with E-state index in [1.807, 2.05) is 0 Å². The van der Waals surface area contributed by atoms with Crippen molar-refractivity contribution in [3.63, 3.8) is 0 Å². The average molecular weight is 534 g/mol. The molecule has 220 valence electrons. The molecule has 0 radical (unpaired) electrons. The highest BCUT2D eigenvalue weighted by Crippen LogP contribution is 2.22. The van der Waals surface area contributed by atoms with Crippen LogP contribution in [0.5, 0.6) is 0 Å². The molecule has 1 heterocycles. The van der Waals surface area contributed by atoms with E-state index in [1.165, 1.54) is 51.4 Å². The molecule has 0 aromatic rings. The normalized spacial score (nSPS) is 25.6. The molecule has 7 unspecified atom stereocenters. The zero-order valence-corrected chi connectivity index (χ0v) is 23.2. The molecule has 0 aromatic carbocycles. The Kier molecular flexibility index (Phi) is 19.5. The van der Waals surface area contributed by atoms with Crippen molar-refractivity contribution in [1.82, 2.24) is 5.32 Å². The van der Waals surface area contributed by atoms with E-state index in [9.17, 15) is 30.3 Å². The van der Waals surface area contributed by atoms with Gasteiger partial charge in [0.1, 0.15) is 24.4 Å². The number of rotatable bonds is 22. The summed E-state index contributed by atoms with van der Waals surface area (Å²) in [6.45, 7) is 3.68. The van der Waals surface area contributed by atoms with Crippen LogP contribution in [0.2, 0.25) is 0 Å². The molecule has 1 rings (SSSR count). The van der Waals surface area contributed by atoms with E-state index in [0.29, 0.717) is 12.8 Å². The molecular formula is C28H55NO8. The Balaban J connectivity index is 2.57. The Bertz CT molecular complexity index is 564. The second-order valence-corrected chi connectivity index (χ2v) is 10.6. The monoisotopic (exact) mass is 533 g/mol. The summed E-state index contributed by atoms with van der Waals surface area (Å²) in [5, 5.41) is 53.3. The molecule has 6 N–H and O–H groups in total. The van der Waals surface area contributed by atoms with Crippen LogP contribution < -0.4 is 5.32 Å². The zero-order valence-electron chi connectivity index (χ0n) is 23.2. The average Bonchev–Trinajstić information content (AvgIpc) is 2.89. The van der Waals surface area contributed by atoms with Crippen LogP contribution in [0.1, 0.15) is 117 Å². The topological polar surface area (TPSA) is 149 Å². The molecule has 1 aliphatic heterocycles. The van der Waals surface area contributed by atoms with Crippen molar-refractivity contribution < 1.29 is 39.8 Å². The van der Waals surface area contributed by atoms with Crippen molar-refractivity contribution in [3.05, 3.63) is 0 Å². The highest BCUT2D eigenvalue weighted by atomic mass is 16.7. The Labute approximate surface area is 223 Å². The summed E-state index contributed by atoms with van der Waals surface area (Å²) in [6.07, 6.45) is 8.69. The number of aliphatic hydroxyl groups is 5. The number of ether oxygens (including phenoxy) is 2. The van der Waals surface area contributed by atoms with E-state index in [-0.39, 0.29) is 12.5 Å². The third kappa shape index (κ3) is 14.2. The number of carbonyl (C=O) groups excluding carboxylic acids is 1. The number of hydrogen-bond acceptors (Lipinski definition) is 8. The van der Waals surface area contributed by atoms with Crippen LogP contribution in [0.4, 0.5) is 0 Å². The van der Waals surface area contributed by atoms with E-state index in [1.54, 1.807) is 0 Å². The Morgan fingerprint density at radius 1 is 0.811 bits per heavy atom. The molecular weight excluding hydrogens is 478 g/mol. The summed E-state index contributed by atoms with van der Waals surface area (Å²) in [5.74, 6) is -0.159. The first-order valence-electron chi connectivity index (χ1n) is 14.7. The number of unbranched alkanes of at least 4 members (excludes halogenated alkanes) is 12. The predicted octanol–water partition coefficient (Wildman–Crippen LogP) is 2.93. The Morgan fingerprint density at radius 2 is 1.35 bits per heavy atom. The van der Waals surface area contributed by atoms with Crippen molar-refractivity contribution >= 4 is 5.91 Å². The van der Waals surface area contributed by atoms with E-state index in [0.717, 1.165) is 38.5 Å². The standard InChI is InChI=1S/C28H55NO8/c1-3-5-7-9-11-12-13-15-17-22(31)21(29-24(32)18-16-14-10-8-6-4-2)20-36-28-27(35)26(34)25(33)23(19-30)37-28/h21-23,25-28,30-31,33-35H,3-20H2,1-2H3,(H,29,32). The van der Waals surface area contributed by atoms with Crippen LogP contribution in [-0.4, -0.2) is 87.5 Å². The summed E-state index contributed by atoms with van der Waals surface area (Å²) in [7, 11) is 0. The number of aliphatic hydroxyl groups excluding tert-OH is 5. The van der Waals surface area contributed by atoms with Crippen LogP contribution in [0.3, 0.4) is 0 Å². The van der Waals surface area contributed by atoms with Gasteiger partial charge in [-0.25, -0.2) is 0 Å². The molecule has 9 nitrogen and oxygen atoms in total. The summed E-state index contributed by atoms with van der Waals surface area (Å²) in [6, 6.07) is -0.704. The fraction of sp³-hybridized carbons (Fsp3) is 0.964. The SMILES string of the molecule is CCCCCCCCCCC(O)C(COC1OC(CO)C(O)C(O)C1O)NC(=O)CCCCCCCC. The minimum Gasteiger partial charge on any atom is -0.394 e. The lowest BCUT2D eigenvalue weighted by atomic mass is 9.99. The van der Waals surface area contributed by atoms with Gasteiger partial charge in [0.15, 0.2) is 6.29 Å². The molecule has 1 saturated heterocycles. The first kappa shape index (κ1) is 34.2. The van der Waals surface area contributed by atoms with Crippen molar-refractivity contribution in [3.8, 4) is 0 Å². The van der Waals surface area contributed by atoms with Crippen molar-refractivity contribution in [2.45, 2.75) is 159 Å². The second kappa shape index (κ2) is 21.1. The number of carbonyl (C=O) groups is 1. The van der Waals surface area contributed by atoms with Crippen LogP contribution in [0.25, 0.3) is 0 Å². The van der Waals surface area contributed by atoms with E-state index < -0.39 is 49.5 Å². The van der Waals surface area contributed by atoms with Crippen LogP contribution in [0, 0.1) is 0 Å². The molecule has 0 aliphatic carbocycles. The predicted molar refractivity (Wildman–Crippen MR) is 143 cm³/mol.